The van der Waals surface area contributed by atoms with Gasteiger partial charge in [-0.15, -0.1) is 10.2 Å². The second-order valence-electron chi connectivity index (χ2n) is 8.14. The lowest BCUT2D eigenvalue weighted by Crippen LogP contribution is -2.42. The highest BCUT2D eigenvalue weighted by atomic mass is 16.2. The Morgan fingerprint density at radius 3 is 2.17 bits per heavy atom. The molecule has 0 aliphatic rings. The summed E-state index contributed by atoms with van der Waals surface area (Å²) < 4.78 is 1.99. The SMILES string of the molecule is O=C(Cc1ccc(-n2cccc2)cc1)NNC(=O)c1ccc(Cn2nnc(-c3ccccc3)n2)cc1. The minimum atomic E-state index is -0.400. The third kappa shape index (κ3) is 5.53. The molecule has 5 rings (SSSR count). The second-order valence-corrected chi connectivity index (χ2v) is 8.14. The van der Waals surface area contributed by atoms with E-state index in [1.54, 1.807) is 12.1 Å². The van der Waals surface area contributed by atoms with Gasteiger partial charge in [-0.1, -0.05) is 54.6 Å². The maximum absolute atomic E-state index is 12.4. The Morgan fingerprint density at radius 2 is 1.44 bits per heavy atom. The molecule has 0 spiro atoms. The van der Waals surface area contributed by atoms with Gasteiger partial charge < -0.3 is 4.57 Å². The molecule has 2 aromatic heterocycles. The number of carbonyl (C=O) groups is 2. The summed E-state index contributed by atoms with van der Waals surface area (Å²) >= 11 is 0. The number of benzene rings is 3. The van der Waals surface area contributed by atoms with Crippen LogP contribution in [0.3, 0.4) is 0 Å². The number of rotatable bonds is 7. The highest BCUT2D eigenvalue weighted by molar-refractivity contribution is 5.95. The van der Waals surface area contributed by atoms with Crippen LogP contribution in [0.15, 0.2) is 103 Å². The smallest absolute Gasteiger partial charge is 0.269 e. The number of tetrazole rings is 1. The van der Waals surface area contributed by atoms with Crippen LogP contribution in [0.2, 0.25) is 0 Å². The van der Waals surface area contributed by atoms with Gasteiger partial charge in [-0.05, 0) is 52.7 Å². The summed E-state index contributed by atoms with van der Waals surface area (Å²) in [6.45, 7) is 0.418. The molecule has 0 aliphatic heterocycles. The molecule has 0 atom stereocenters. The lowest BCUT2D eigenvalue weighted by molar-refractivity contribution is -0.121. The molecule has 0 saturated carbocycles. The summed E-state index contributed by atoms with van der Waals surface area (Å²) in [5.41, 5.74) is 9.02. The molecule has 0 radical (unpaired) electrons. The van der Waals surface area contributed by atoms with E-state index in [1.165, 1.54) is 4.80 Å². The van der Waals surface area contributed by atoms with Crippen molar-refractivity contribution in [1.29, 1.82) is 0 Å². The quantitative estimate of drug-likeness (QED) is 0.350. The Bertz CT molecular complexity index is 1440. The first kappa shape index (κ1) is 22.7. The van der Waals surface area contributed by atoms with Gasteiger partial charge in [-0.25, -0.2) is 0 Å². The maximum atomic E-state index is 12.4. The van der Waals surface area contributed by atoms with Crippen molar-refractivity contribution in [2.24, 2.45) is 0 Å². The highest BCUT2D eigenvalue weighted by Crippen LogP contribution is 2.13. The van der Waals surface area contributed by atoms with Gasteiger partial charge >= 0.3 is 0 Å². The molecule has 0 unspecified atom stereocenters. The van der Waals surface area contributed by atoms with E-state index in [0.29, 0.717) is 17.9 Å². The van der Waals surface area contributed by atoms with Gasteiger partial charge in [-0.3, -0.25) is 20.4 Å². The summed E-state index contributed by atoms with van der Waals surface area (Å²) in [5, 5.41) is 12.6. The van der Waals surface area contributed by atoms with E-state index in [2.05, 4.69) is 26.3 Å². The molecule has 2 N–H and O–H groups in total. The molecule has 0 saturated heterocycles. The third-order valence-corrected chi connectivity index (χ3v) is 5.54. The van der Waals surface area contributed by atoms with Crippen LogP contribution in [0.25, 0.3) is 17.1 Å². The maximum Gasteiger partial charge on any atom is 0.269 e. The fraction of sp³-hybridized carbons (Fsp3) is 0.0741. The van der Waals surface area contributed by atoms with Crippen LogP contribution in [-0.2, 0) is 17.8 Å². The van der Waals surface area contributed by atoms with Gasteiger partial charge in [0.05, 0.1) is 13.0 Å². The Labute approximate surface area is 207 Å². The van der Waals surface area contributed by atoms with Crippen molar-refractivity contribution >= 4 is 11.8 Å². The van der Waals surface area contributed by atoms with Crippen LogP contribution >= 0.6 is 0 Å². The average Bonchev–Trinajstić information content (AvgIpc) is 3.62. The van der Waals surface area contributed by atoms with Crippen LogP contribution < -0.4 is 10.9 Å². The topological polar surface area (TPSA) is 107 Å². The summed E-state index contributed by atoms with van der Waals surface area (Å²) in [5.74, 6) is -0.151. The van der Waals surface area contributed by atoms with Crippen LogP contribution in [0, 0.1) is 0 Å². The Kier molecular flexibility index (Phi) is 6.61. The number of hydrogen-bond acceptors (Lipinski definition) is 5. The minimum absolute atomic E-state index is 0.154. The first-order valence-electron chi connectivity index (χ1n) is 11.4. The predicted octanol–water partition coefficient (Wildman–Crippen LogP) is 3.18. The Hall–Kier alpha value is -5.05. The van der Waals surface area contributed by atoms with Gasteiger partial charge in [0.25, 0.3) is 5.91 Å². The molecule has 5 aromatic rings. The molecule has 3 aromatic carbocycles. The molecule has 2 amide bonds. The van der Waals surface area contributed by atoms with Crippen molar-refractivity contribution in [2.75, 3.05) is 0 Å². The number of aromatic nitrogens is 5. The van der Waals surface area contributed by atoms with E-state index in [4.69, 9.17) is 0 Å². The standard InChI is InChI=1S/C27H23N7O2/c35-25(18-20-10-14-24(15-11-20)33-16-4-5-17-33)28-30-27(36)23-12-8-21(9-13-23)19-34-31-26(29-32-34)22-6-2-1-3-7-22/h1-17H,18-19H2,(H,28,35)(H,30,36). The molecule has 9 nitrogen and oxygen atoms in total. The number of nitrogens with zero attached hydrogens (tertiary/aromatic N) is 5. The Morgan fingerprint density at radius 1 is 0.750 bits per heavy atom. The van der Waals surface area contributed by atoms with Crippen molar-refractivity contribution < 1.29 is 9.59 Å². The van der Waals surface area contributed by atoms with Gasteiger partial charge in [0, 0.05) is 29.2 Å². The van der Waals surface area contributed by atoms with E-state index in [9.17, 15) is 9.59 Å². The number of hydrazine groups is 1. The van der Waals surface area contributed by atoms with Crippen LogP contribution in [0.5, 0.6) is 0 Å². The average molecular weight is 478 g/mol. The van der Waals surface area contributed by atoms with Crippen molar-refractivity contribution in [3.05, 3.63) is 120 Å². The summed E-state index contributed by atoms with van der Waals surface area (Å²) in [4.78, 5) is 26.2. The van der Waals surface area contributed by atoms with Crippen molar-refractivity contribution in [3.63, 3.8) is 0 Å². The zero-order valence-electron chi connectivity index (χ0n) is 19.3. The summed E-state index contributed by atoms with van der Waals surface area (Å²) in [7, 11) is 0. The van der Waals surface area contributed by atoms with E-state index in [-0.39, 0.29) is 12.3 Å². The Balaban J connectivity index is 1.11. The van der Waals surface area contributed by atoms with Crippen molar-refractivity contribution in [2.45, 2.75) is 13.0 Å². The van der Waals surface area contributed by atoms with Gasteiger partial charge in [0.15, 0.2) is 0 Å². The molecule has 9 heteroatoms. The number of amides is 2. The molecular weight excluding hydrogens is 454 g/mol. The zero-order valence-corrected chi connectivity index (χ0v) is 19.3. The molecule has 2 heterocycles. The number of hydrogen-bond donors (Lipinski definition) is 2. The fourth-order valence-corrected chi connectivity index (χ4v) is 3.66. The van der Waals surface area contributed by atoms with Crippen LogP contribution in [0.4, 0.5) is 0 Å². The first-order valence-corrected chi connectivity index (χ1v) is 11.4. The highest BCUT2D eigenvalue weighted by Gasteiger charge is 2.10. The van der Waals surface area contributed by atoms with E-state index >= 15 is 0 Å². The monoisotopic (exact) mass is 477 g/mol. The first-order chi connectivity index (χ1) is 17.6. The predicted molar refractivity (Wildman–Crippen MR) is 134 cm³/mol. The molecule has 0 aliphatic carbocycles. The zero-order chi connectivity index (χ0) is 24.7. The van der Waals surface area contributed by atoms with E-state index in [1.807, 2.05) is 95.8 Å². The second kappa shape index (κ2) is 10.5. The molecule has 178 valence electrons. The third-order valence-electron chi connectivity index (χ3n) is 5.54. The van der Waals surface area contributed by atoms with Gasteiger partial charge in [0.2, 0.25) is 11.7 Å². The van der Waals surface area contributed by atoms with Crippen LogP contribution in [0.1, 0.15) is 21.5 Å². The summed E-state index contributed by atoms with van der Waals surface area (Å²) in [6, 6.07) is 28.2. The number of nitrogens with one attached hydrogen (secondary N) is 2. The van der Waals surface area contributed by atoms with Crippen LogP contribution in [-0.4, -0.2) is 36.6 Å². The fourth-order valence-electron chi connectivity index (χ4n) is 3.66. The molecule has 0 bridgehead atoms. The lowest BCUT2D eigenvalue weighted by Gasteiger charge is -2.09. The molecule has 36 heavy (non-hydrogen) atoms. The number of carbonyl (C=O) groups excluding carboxylic acids is 2. The summed E-state index contributed by atoms with van der Waals surface area (Å²) in [6.07, 6.45) is 4.06. The molecule has 0 fully saturated rings. The minimum Gasteiger partial charge on any atom is -0.324 e. The van der Waals surface area contributed by atoms with Gasteiger partial charge in [0.1, 0.15) is 0 Å². The van der Waals surface area contributed by atoms with E-state index in [0.717, 1.165) is 22.4 Å². The van der Waals surface area contributed by atoms with E-state index < -0.39 is 5.91 Å². The normalized spacial score (nSPS) is 10.7. The largest absolute Gasteiger partial charge is 0.324 e. The van der Waals surface area contributed by atoms with Crippen molar-refractivity contribution in [1.82, 2.24) is 35.6 Å². The lowest BCUT2D eigenvalue weighted by atomic mass is 10.1. The van der Waals surface area contributed by atoms with Crippen molar-refractivity contribution in [3.8, 4) is 17.1 Å². The van der Waals surface area contributed by atoms with Gasteiger partial charge in [-0.2, -0.15) is 4.80 Å². The molecular formula is C27H23N7O2.